The lowest BCUT2D eigenvalue weighted by Gasteiger charge is -2.17. The summed E-state index contributed by atoms with van der Waals surface area (Å²) in [6.45, 7) is 0.752. The molecule has 20 heavy (non-hydrogen) atoms. The van der Waals surface area contributed by atoms with Gasteiger partial charge in [-0.3, -0.25) is 4.79 Å². The lowest BCUT2D eigenvalue weighted by molar-refractivity contribution is -0.125. The first kappa shape index (κ1) is 14.6. The van der Waals surface area contributed by atoms with Crippen molar-refractivity contribution in [2.75, 3.05) is 30.3 Å². The minimum absolute atomic E-state index is 0.0465. The van der Waals surface area contributed by atoms with Crippen LogP contribution in [-0.4, -0.2) is 43.8 Å². The number of sulfone groups is 1. The number of carbonyl (C=O) groups excluding carboxylic acids is 1. The number of amides is 1. The first-order chi connectivity index (χ1) is 9.46. The average Bonchev–Trinajstić information content (AvgIpc) is 2.57. The van der Waals surface area contributed by atoms with Crippen LogP contribution in [0.15, 0.2) is 30.3 Å². The van der Waals surface area contributed by atoms with Gasteiger partial charge in [-0.1, -0.05) is 12.1 Å². The summed E-state index contributed by atoms with van der Waals surface area (Å²) in [5, 5.41) is 0. The molecule has 6 heteroatoms. The fraction of sp³-hybridized carbons (Fsp3) is 0.357. The number of nitrogen functional groups attached to an aromatic ring is 1. The van der Waals surface area contributed by atoms with E-state index in [-0.39, 0.29) is 24.0 Å². The number of anilines is 1. The highest BCUT2D eigenvalue weighted by atomic mass is 32.2. The molecule has 0 aliphatic carbocycles. The Bertz CT molecular complexity index is 623. The van der Waals surface area contributed by atoms with Gasteiger partial charge in [0.1, 0.15) is 0 Å². The number of benzene rings is 1. The van der Waals surface area contributed by atoms with Gasteiger partial charge in [-0.25, -0.2) is 8.42 Å². The summed E-state index contributed by atoms with van der Waals surface area (Å²) in [4.78, 5) is 13.6. The molecule has 1 fully saturated rings. The van der Waals surface area contributed by atoms with E-state index in [9.17, 15) is 13.2 Å². The summed E-state index contributed by atoms with van der Waals surface area (Å²) < 4.78 is 23.0. The summed E-state index contributed by atoms with van der Waals surface area (Å²) in [6, 6.07) is 7.22. The standard InChI is InChI=1S/C14H18N2O3S/c15-13-4-1-3-12(11-13)5-6-14(17)16-7-2-9-20(18,19)10-8-16/h1,3-6,11H,2,7-10,15H2/b6-5+. The molecule has 1 aromatic carbocycles. The quantitative estimate of drug-likeness (QED) is 0.650. The van der Waals surface area contributed by atoms with Crippen LogP contribution in [0.3, 0.4) is 0 Å². The lowest BCUT2D eigenvalue weighted by Crippen LogP contribution is -2.32. The van der Waals surface area contributed by atoms with Crippen molar-refractivity contribution in [2.45, 2.75) is 6.42 Å². The zero-order chi connectivity index (χ0) is 14.6. The van der Waals surface area contributed by atoms with Crippen molar-refractivity contribution in [2.24, 2.45) is 0 Å². The maximum Gasteiger partial charge on any atom is 0.246 e. The van der Waals surface area contributed by atoms with E-state index >= 15 is 0 Å². The van der Waals surface area contributed by atoms with Crippen LogP contribution in [0.5, 0.6) is 0 Å². The Labute approximate surface area is 119 Å². The van der Waals surface area contributed by atoms with Crippen LogP contribution in [0.1, 0.15) is 12.0 Å². The Morgan fingerprint density at radius 3 is 2.80 bits per heavy atom. The van der Waals surface area contributed by atoms with Gasteiger partial charge in [0.15, 0.2) is 9.84 Å². The van der Waals surface area contributed by atoms with Gasteiger partial charge in [-0.05, 0) is 30.2 Å². The molecule has 5 nitrogen and oxygen atoms in total. The minimum Gasteiger partial charge on any atom is -0.399 e. The van der Waals surface area contributed by atoms with Gasteiger partial charge in [0.2, 0.25) is 5.91 Å². The normalized spacial score (nSPS) is 18.9. The van der Waals surface area contributed by atoms with E-state index in [1.165, 1.54) is 6.08 Å². The van der Waals surface area contributed by atoms with Gasteiger partial charge in [0.25, 0.3) is 0 Å². The van der Waals surface area contributed by atoms with Gasteiger partial charge >= 0.3 is 0 Å². The molecule has 0 spiro atoms. The van der Waals surface area contributed by atoms with Crippen molar-refractivity contribution in [3.8, 4) is 0 Å². The zero-order valence-electron chi connectivity index (χ0n) is 11.2. The fourth-order valence-electron chi connectivity index (χ4n) is 2.09. The molecule has 0 bridgehead atoms. The molecular weight excluding hydrogens is 276 g/mol. The SMILES string of the molecule is Nc1cccc(/C=C/C(=O)N2CCCS(=O)(=O)CC2)c1. The number of rotatable bonds is 2. The smallest absolute Gasteiger partial charge is 0.246 e. The molecule has 0 unspecified atom stereocenters. The predicted octanol–water partition coefficient (Wildman–Crippen LogP) is 0.929. The molecule has 108 valence electrons. The largest absolute Gasteiger partial charge is 0.399 e. The summed E-state index contributed by atoms with van der Waals surface area (Å²) in [7, 11) is -2.99. The number of nitrogens with two attached hydrogens (primary N) is 1. The maximum atomic E-state index is 12.0. The Kier molecular flexibility index (Phi) is 4.44. The van der Waals surface area contributed by atoms with Crippen LogP contribution >= 0.6 is 0 Å². The molecule has 0 atom stereocenters. The summed E-state index contributed by atoms with van der Waals surface area (Å²) in [5.74, 6) is 0.0464. The van der Waals surface area contributed by atoms with Crippen LogP contribution in [0.25, 0.3) is 6.08 Å². The molecule has 2 N–H and O–H groups in total. The Balaban J connectivity index is 2.01. The molecule has 1 aliphatic rings. The van der Waals surface area contributed by atoms with Crippen molar-refractivity contribution in [1.82, 2.24) is 4.90 Å². The van der Waals surface area contributed by atoms with Crippen LogP contribution < -0.4 is 5.73 Å². The highest BCUT2D eigenvalue weighted by Crippen LogP contribution is 2.10. The van der Waals surface area contributed by atoms with Crippen LogP contribution in [0.4, 0.5) is 5.69 Å². The minimum atomic E-state index is -2.99. The first-order valence-corrected chi connectivity index (χ1v) is 8.31. The van der Waals surface area contributed by atoms with Gasteiger partial charge in [-0.15, -0.1) is 0 Å². The maximum absolute atomic E-state index is 12.0. The van der Waals surface area contributed by atoms with E-state index in [4.69, 9.17) is 5.73 Å². The number of hydrogen-bond acceptors (Lipinski definition) is 4. The Hall–Kier alpha value is -1.82. The van der Waals surface area contributed by atoms with E-state index in [2.05, 4.69) is 0 Å². The van der Waals surface area contributed by atoms with Crippen molar-refractivity contribution in [3.05, 3.63) is 35.9 Å². The van der Waals surface area contributed by atoms with E-state index in [1.807, 2.05) is 12.1 Å². The second-order valence-electron chi connectivity index (χ2n) is 4.83. The summed E-state index contributed by atoms with van der Waals surface area (Å²) >= 11 is 0. The molecule has 2 rings (SSSR count). The van der Waals surface area contributed by atoms with Crippen molar-refractivity contribution in [1.29, 1.82) is 0 Å². The monoisotopic (exact) mass is 294 g/mol. The van der Waals surface area contributed by atoms with Crippen molar-refractivity contribution in [3.63, 3.8) is 0 Å². The Morgan fingerprint density at radius 2 is 2.05 bits per heavy atom. The number of nitrogens with zero attached hydrogens (tertiary/aromatic N) is 1. The molecule has 1 heterocycles. The highest BCUT2D eigenvalue weighted by molar-refractivity contribution is 7.91. The predicted molar refractivity (Wildman–Crippen MR) is 79.7 cm³/mol. The van der Waals surface area contributed by atoms with E-state index < -0.39 is 9.84 Å². The lowest BCUT2D eigenvalue weighted by atomic mass is 10.2. The highest BCUT2D eigenvalue weighted by Gasteiger charge is 2.20. The molecule has 1 saturated heterocycles. The molecule has 1 amide bonds. The van der Waals surface area contributed by atoms with E-state index in [1.54, 1.807) is 23.1 Å². The van der Waals surface area contributed by atoms with Crippen LogP contribution in [0, 0.1) is 0 Å². The van der Waals surface area contributed by atoms with E-state index in [0.29, 0.717) is 18.7 Å². The third kappa shape index (κ3) is 4.09. The third-order valence-electron chi connectivity index (χ3n) is 3.20. The molecule has 1 aliphatic heterocycles. The van der Waals surface area contributed by atoms with Gasteiger partial charge in [0, 0.05) is 24.9 Å². The second kappa shape index (κ2) is 6.09. The fourth-order valence-corrected chi connectivity index (χ4v) is 3.37. The average molecular weight is 294 g/mol. The molecular formula is C14H18N2O3S. The van der Waals surface area contributed by atoms with Crippen molar-refractivity contribution >= 4 is 27.5 Å². The van der Waals surface area contributed by atoms with Crippen LogP contribution in [-0.2, 0) is 14.6 Å². The topological polar surface area (TPSA) is 80.5 Å². The van der Waals surface area contributed by atoms with Gasteiger partial charge < -0.3 is 10.6 Å². The first-order valence-electron chi connectivity index (χ1n) is 6.49. The molecule has 1 aromatic rings. The van der Waals surface area contributed by atoms with Crippen LogP contribution in [0.2, 0.25) is 0 Å². The summed E-state index contributed by atoms with van der Waals surface area (Å²) in [5.41, 5.74) is 7.15. The number of hydrogen-bond donors (Lipinski definition) is 1. The van der Waals surface area contributed by atoms with Gasteiger partial charge in [0.05, 0.1) is 11.5 Å². The third-order valence-corrected chi connectivity index (χ3v) is 4.91. The summed E-state index contributed by atoms with van der Waals surface area (Å²) in [6.07, 6.45) is 3.66. The second-order valence-corrected chi connectivity index (χ2v) is 7.14. The zero-order valence-corrected chi connectivity index (χ0v) is 12.0. The molecule has 0 saturated carbocycles. The number of carbonyl (C=O) groups is 1. The molecule has 0 radical (unpaired) electrons. The van der Waals surface area contributed by atoms with Gasteiger partial charge in [-0.2, -0.15) is 0 Å². The van der Waals surface area contributed by atoms with E-state index in [0.717, 1.165) is 5.56 Å². The van der Waals surface area contributed by atoms with Crippen molar-refractivity contribution < 1.29 is 13.2 Å². The Morgan fingerprint density at radius 1 is 1.25 bits per heavy atom. The molecule has 0 aromatic heterocycles.